The molecular weight excluding hydrogens is 235 g/mol. The van der Waals surface area contributed by atoms with E-state index >= 15 is 0 Å². The predicted octanol–water partition coefficient (Wildman–Crippen LogP) is 2.56. The van der Waals surface area contributed by atoms with Crippen LogP contribution in [0.15, 0.2) is 45.9 Å². The highest BCUT2D eigenvalue weighted by Gasteiger charge is 2.03. The van der Waals surface area contributed by atoms with Gasteiger partial charge >= 0.3 is 0 Å². The maximum Gasteiger partial charge on any atom is 0.236 e. The van der Waals surface area contributed by atoms with Crippen molar-refractivity contribution in [1.29, 1.82) is 0 Å². The van der Waals surface area contributed by atoms with Crippen molar-refractivity contribution in [1.82, 2.24) is 5.43 Å². The number of halogens is 1. The lowest BCUT2D eigenvalue weighted by Crippen LogP contribution is -2.12. The molecule has 18 heavy (non-hydrogen) atoms. The summed E-state index contributed by atoms with van der Waals surface area (Å²) in [6.07, 6.45) is 1.40. The Bertz CT molecular complexity index is 573. The zero-order valence-electron chi connectivity index (χ0n) is 9.68. The van der Waals surface area contributed by atoms with Crippen LogP contribution in [0, 0.1) is 5.82 Å². The van der Waals surface area contributed by atoms with Crippen LogP contribution in [-0.2, 0) is 4.79 Å². The summed E-state index contributed by atoms with van der Waals surface area (Å²) in [5, 5.41) is 3.68. The first-order valence-corrected chi connectivity index (χ1v) is 5.30. The van der Waals surface area contributed by atoms with E-state index in [1.165, 1.54) is 25.3 Å². The monoisotopic (exact) mass is 246 g/mol. The van der Waals surface area contributed by atoms with Crippen LogP contribution < -0.4 is 5.43 Å². The highest BCUT2D eigenvalue weighted by atomic mass is 19.1. The molecule has 1 aromatic heterocycles. The van der Waals surface area contributed by atoms with Crippen LogP contribution in [0.1, 0.15) is 12.7 Å². The Hall–Kier alpha value is -2.43. The minimum Gasteiger partial charge on any atom is -0.455 e. The van der Waals surface area contributed by atoms with E-state index in [2.05, 4.69) is 10.5 Å². The molecule has 0 radical (unpaired) electrons. The van der Waals surface area contributed by atoms with E-state index in [9.17, 15) is 9.18 Å². The largest absolute Gasteiger partial charge is 0.455 e. The van der Waals surface area contributed by atoms with Gasteiger partial charge in [-0.2, -0.15) is 5.10 Å². The van der Waals surface area contributed by atoms with Crippen LogP contribution in [-0.4, -0.2) is 12.1 Å². The zero-order chi connectivity index (χ0) is 13.0. The molecule has 0 aliphatic carbocycles. The standard InChI is InChI=1S/C13H11FN2O2/c1-9(17)16-15-8-12-6-7-13(18-12)10-2-4-11(14)5-3-10/h2-8H,1H3,(H,16,17)/b15-8-. The van der Waals surface area contributed by atoms with Gasteiger partial charge in [0.25, 0.3) is 0 Å². The topological polar surface area (TPSA) is 54.6 Å². The summed E-state index contributed by atoms with van der Waals surface area (Å²) < 4.78 is 18.2. The Morgan fingerprint density at radius 2 is 2.00 bits per heavy atom. The maximum absolute atomic E-state index is 12.8. The second-order valence-corrected chi connectivity index (χ2v) is 3.64. The molecule has 5 heteroatoms. The fraction of sp³-hybridized carbons (Fsp3) is 0.0769. The minimum absolute atomic E-state index is 0.253. The third-order valence-electron chi connectivity index (χ3n) is 2.17. The quantitative estimate of drug-likeness (QED) is 0.668. The fourth-order valence-electron chi connectivity index (χ4n) is 1.38. The van der Waals surface area contributed by atoms with Crippen molar-refractivity contribution in [3.8, 4) is 11.3 Å². The average Bonchev–Trinajstić information content (AvgIpc) is 2.78. The van der Waals surface area contributed by atoms with Gasteiger partial charge in [-0.25, -0.2) is 9.82 Å². The first kappa shape index (κ1) is 12.0. The molecule has 0 fully saturated rings. The Labute approximate surface area is 103 Å². The molecule has 0 bridgehead atoms. The molecule has 0 unspecified atom stereocenters. The van der Waals surface area contributed by atoms with E-state index in [0.29, 0.717) is 11.5 Å². The highest BCUT2D eigenvalue weighted by molar-refractivity contribution is 5.80. The molecule has 0 saturated carbocycles. The van der Waals surface area contributed by atoms with E-state index in [1.54, 1.807) is 24.3 Å². The summed E-state index contributed by atoms with van der Waals surface area (Å²) >= 11 is 0. The van der Waals surface area contributed by atoms with Crippen LogP contribution >= 0.6 is 0 Å². The molecule has 2 aromatic rings. The van der Waals surface area contributed by atoms with Crippen LogP contribution in [0.2, 0.25) is 0 Å². The number of furan rings is 1. The van der Waals surface area contributed by atoms with Gasteiger partial charge in [-0.3, -0.25) is 4.79 Å². The number of hydrogen-bond acceptors (Lipinski definition) is 3. The second-order valence-electron chi connectivity index (χ2n) is 3.64. The van der Waals surface area contributed by atoms with Crippen LogP contribution in [0.25, 0.3) is 11.3 Å². The molecule has 2 rings (SSSR count). The molecule has 0 aliphatic rings. The molecule has 1 aromatic carbocycles. The summed E-state index contributed by atoms with van der Waals surface area (Å²) in [6, 6.07) is 9.45. The van der Waals surface area contributed by atoms with Gasteiger partial charge in [-0.15, -0.1) is 0 Å². The Morgan fingerprint density at radius 1 is 1.28 bits per heavy atom. The third-order valence-corrected chi connectivity index (χ3v) is 2.17. The van der Waals surface area contributed by atoms with Crippen molar-refractivity contribution in [2.75, 3.05) is 0 Å². The average molecular weight is 246 g/mol. The molecule has 1 amide bonds. The summed E-state index contributed by atoms with van der Waals surface area (Å²) in [5.41, 5.74) is 3.05. The Kier molecular flexibility index (Phi) is 3.52. The van der Waals surface area contributed by atoms with Gasteiger partial charge in [0.1, 0.15) is 17.3 Å². The zero-order valence-corrected chi connectivity index (χ0v) is 9.68. The van der Waals surface area contributed by atoms with Gasteiger partial charge in [0.05, 0.1) is 6.21 Å². The minimum atomic E-state index is -0.294. The molecule has 1 heterocycles. The van der Waals surface area contributed by atoms with Crippen molar-refractivity contribution >= 4 is 12.1 Å². The molecule has 0 saturated heterocycles. The third kappa shape index (κ3) is 3.04. The lowest BCUT2D eigenvalue weighted by Gasteiger charge is -1.95. The smallest absolute Gasteiger partial charge is 0.236 e. The SMILES string of the molecule is CC(=O)N/N=C\c1ccc(-c2ccc(F)cc2)o1. The Morgan fingerprint density at radius 3 is 2.67 bits per heavy atom. The number of nitrogens with one attached hydrogen (secondary N) is 1. The van der Waals surface area contributed by atoms with Gasteiger partial charge in [0.15, 0.2) is 0 Å². The molecule has 0 aliphatic heterocycles. The van der Waals surface area contributed by atoms with E-state index in [1.807, 2.05) is 0 Å². The Balaban J connectivity index is 2.12. The van der Waals surface area contributed by atoms with Crippen molar-refractivity contribution < 1.29 is 13.6 Å². The first-order chi connectivity index (χ1) is 8.65. The van der Waals surface area contributed by atoms with Crippen LogP contribution in [0.4, 0.5) is 4.39 Å². The maximum atomic E-state index is 12.8. The molecule has 4 nitrogen and oxygen atoms in total. The first-order valence-electron chi connectivity index (χ1n) is 5.30. The number of nitrogens with zero attached hydrogens (tertiary/aromatic N) is 1. The van der Waals surface area contributed by atoms with Gasteiger partial charge in [0.2, 0.25) is 5.91 Å². The number of carbonyl (C=O) groups is 1. The van der Waals surface area contributed by atoms with Crippen molar-refractivity contribution in [3.05, 3.63) is 48.0 Å². The lowest BCUT2D eigenvalue weighted by atomic mass is 10.2. The van der Waals surface area contributed by atoms with Crippen molar-refractivity contribution in [2.45, 2.75) is 6.92 Å². The van der Waals surface area contributed by atoms with Crippen molar-refractivity contribution in [2.24, 2.45) is 5.10 Å². The van der Waals surface area contributed by atoms with Gasteiger partial charge in [-0.05, 0) is 36.4 Å². The van der Waals surface area contributed by atoms with E-state index in [0.717, 1.165) is 5.56 Å². The van der Waals surface area contributed by atoms with Gasteiger partial charge < -0.3 is 4.42 Å². The molecule has 0 atom stereocenters. The van der Waals surface area contributed by atoms with Crippen LogP contribution in [0.3, 0.4) is 0 Å². The van der Waals surface area contributed by atoms with E-state index in [4.69, 9.17) is 4.42 Å². The van der Waals surface area contributed by atoms with Crippen LogP contribution in [0.5, 0.6) is 0 Å². The second kappa shape index (κ2) is 5.27. The predicted molar refractivity (Wildman–Crippen MR) is 65.5 cm³/mol. The van der Waals surface area contributed by atoms with E-state index in [-0.39, 0.29) is 11.7 Å². The number of hydrogen-bond donors (Lipinski definition) is 1. The molecule has 92 valence electrons. The van der Waals surface area contributed by atoms with E-state index < -0.39 is 0 Å². The molecule has 1 N–H and O–H groups in total. The molecule has 0 spiro atoms. The highest BCUT2D eigenvalue weighted by Crippen LogP contribution is 2.21. The van der Waals surface area contributed by atoms with Gasteiger partial charge in [0, 0.05) is 12.5 Å². The number of amides is 1. The summed E-state index contributed by atoms with van der Waals surface area (Å²) in [6.45, 7) is 1.36. The lowest BCUT2D eigenvalue weighted by molar-refractivity contribution is -0.118. The van der Waals surface area contributed by atoms with Gasteiger partial charge in [-0.1, -0.05) is 0 Å². The summed E-state index contributed by atoms with van der Waals surface area (Å²) in [7, 11) is 0. The summed E-state index contributed by atoms with van der Waals surface area (Å²) in [5.74, 6) is 0.566. The fourth-order valence-corrected chi connectivity index (χ4v) is 1.38. The summed E-state index contributed by atoms with van der Waals surface area (Å²) in [4.78, 5) is 10.6. The number of benzene rings is 1. The normalized spacial score (nSPS) is 10.8. The number of rotatable bonds is 3. The number of carbonyl (C=O) groups excluding carboxylic acids is 1. The molecular formula is C13H11FN2O2. The number of hydrazone groups is 1. The van der Waals surface area contributed by atoms with Crippen molar-refractivity contribution in [3.63, 3.8) is 0 Å².